The molecule has 0 fully saturated rings. The third-order valence-corrected chi connectivity index (χ3v) is 5.54. The lowest BCUT2D eigenvalue weighted by Gasteiger charge is -2.23. The number of hydrogen-bond donors (Lipinski definition) is 1. The maximum absolute atomic E-state index is 12.5. The summed E-state index contributed by atoms with van der Waals surface area (Å²) in [6.45, 7) is -0.586. The molecule has 2 rings (SSSR count). The van der Waals surface area contributed by atoms with Crippen LogP contribution >= 0.6 is 34.8 Å². The van der Waals surface area contributed by atoms with Gasteiger partial charge in [0.05, 0.1) is 40.3 Å². The van der Waals surface area contributed by atoms with Gasteiger partial charge in [-0.1, -0.05) is 34.8 Å². The van der Waals surface area contributed by atoms with Gasteiger partial charge >= 0.3 is 5.97 Å². The Bertz CT molecular complexity index is 1030. The molecule has 1 N–H and O–H groups in total. The Balaban J connectivity index is 2.31. The second kappa shape index (κ2) is 9.00. The SMILES string of the molecule is COC(=O)c1ccc(Cl)c(NC(=O)CN(c2cc(Cl)ccc2Cl)S(C)(=O)=O)c1. The summed E-state index contributed by atoms with van der Waals surface area (Å²) < 4.78 is 29.8. The predicted octanol–water partition coefficient (Wildman–Crippen LogP) is 3.84. The van der Waals surface area contributed by atoms with Crippen molar-refractivity contribution >= 4 is 68.1 Å². The molecule has 0 aliphatic carbocycles. The number of carbonyl (C=O) groups is 2. The van der Waals surface area contributed by atoms with Crippen LogP contribution in [0.5, 0.6) is 0 Å². The Hall–Kier alpha value is -2.00. The van der Waals surface area contributed by atoms with Crippen LogP contribution in [0.25, 0.3) is 0 Å². The number of rotatable bonds is 6. The van der Waals surface area contributed by atoms with Crippen molar-refractivity contribution in [2.45, 2.75) is 0 Å². The van der Waals surface area contributed by atoms with E-state index in [0.29, 0.717) is 0 Å². The lowest BCUT2D eigenvalue weighted by molar-refractivity contribution is -0.114. The quantitative estimate of drug-likeness (QED) is 0.654. The predicted molar refractivity (Wildman–Crippen MR) is 110 cm³/mol. The molecule has 0 aliphatic rings. The van der Waals surface area contributed by atoms with Crippen LogP contribution < -0.4 is 9.62 Å². The van der Waals surface area contributed by atoms with Crippen LogP contribution in [0.3, 0.4) is 0 Å². The molecular weight excluding hydrogens is 451 g/mol. The van der Waals surface area contributed by atoms with E-state index in [1.165, 1.54) is 43.5 Å². The summed E-state index contributed by atoms with van der Waals surface area (Å²) in [4.78, 5) is 24.1. The maximum atomic E-state index is 12.5. The number of methoxy groups -OCH3 is 1. The van der Waals surface area contributed by atoms with Crippen LogP contribution in [0.15, 0.2) is 36.4 Å². The standard InChI is InChI=1S/C17H15Cl3N2O5S/c1-27-17(24)10-3-5-12(19)14(7-10)21-16(23)9-22(28(2,25)26)15-8-11(18)4-6-13(15)20/h3-8H,9H2,1-2H3,(H,21,23). The molecule has 0 saturated carbocycles. The third kappa shape index (κ3) is 5.51. The Kier molecular flexibility index (Phi) is 7.16. The molecule has 28 heavy (non-hydrogen) atoms. The summed E-state index contributed by atoms with van der Waals surface area (Å²) >= 11 is 18.0. The average Bonchev–Trinajstić information content (AvgIpc) is 2.62. The molecule has 0 heterocycles. The minimum atomic E-state index is -3.86. The molecule has 0 radical (unpaired) electrons. The topological polar surface area (TPSA) is 92.8 Å². The molecule has 2 aromatic rings. The van der Waals surface area contributed by atoms with Gasteiger partial charge < -0.3 is 10.1 Å². The van der Waals surface area contributed by atoms with E-state index in [2.05, 4.69) is 10.1 Å². The molecule has 150 valence electrons. The summed E-state index contributed by atoms with van der Waals surface area (Å²) in [5.41, 5.74) is 0.349. The average molecular weight is 466 g/mol. The molecular formula is C17H15Cl3N2O5S. The molecule has 1 amide bonds. The fourth-order valence-corrected chi connectivity index (χ4v) is 3.71. The first kappa shape index (κ1) is 22.3. The Labute approximate surface area is 177 Å². The number of benzene rings is 2. The van der Waals surface area contributed by atoms with Crippen molar-refractivity contribution in [3.63, 3.8) is 0 Å². The smallest absolute Gasteiger partial charge is 0.337 e. The van der Waals surface area contributed by atoms with Crippen LogP contribution in [0.1, 0.15) is 10.4 Å². The van der Waals surface area contributed by atoms with Crippen LogP contribution in [0, 0.1) is 0 Å². The van der Waals surface area contributed by atoms with E-state index < -0.39 is 28.4 Å². The van der Waals surface area contributed by atoms with E-state index in [1.807, 2.05) is 0 Å². The highest BCUT2D eigenvalue weighted by Crippen LogP contribution is 2.31. The first-order valence-electron chi connectivity index (χ1n) is 7.63. The van der Waals surface area contributed by atoms with Gasteiger partial charge in [0, 0.05) is 5.02 Å². The fourth-order valence-electron chi connectivity index (χ4n) is 2.24. The highest BCUT2D eigenvalue weighted by Gasteiger charge is 2.24. The van der Waals surface area contributed by atoms with Gasteiger partial charge in [-0.05, 0) is 36.4 Å². The number of esters is 1. The number of ether oxygens (including phenoxy) is 1. The number of hydrogen-bond acceptors (Lipinski definition) is 5. The molecule has 0 aromatic heterocycles. The van der Waals surface area contributed by atoms with Crippen LogP contribution in [0.2, 0.25) is 15.1 Å². The number of anilines is 2. The van der Waals surface area contributed by atoms with Crippen molar-refractivity contribution in [1.82, 2.24) is 0 Å². The summed E-state index contributed by atoms with van der Waals surface area (Å²) in [6.07, 6.45) is 0.933. The zero-order valence-electron chi connectivity index (χ0n) is 14.7. The minimum Gasteiger partial charge on any atom is -0.465 e. The van der Waals surface area contributed by atoms with E-state index >= 15 is 0 Å². The first-order chi connectivity index (χ1) is 13.0. The van der Waals surface area contributed by atoms with Gasteiger partial charge in [-0.15, -0.1) is 0 Å². The molecule has 2 aromatic carbocycles. The van der Waals surface area contributed by atoms with Crippen molar-refractivity contribution < 1.29 is 22.7 Å². The Morgan fingerprint density at radius 1 is 1.07 bits per heavy atom. The summed E-state index contributed by atoms with van der Waals surface area (Å²) in [5, 5.41) is 2.99. The van der Waals surface area contributed by atoms with Gasteiger partial charge in [-0.25, -0.2) is 13.2 Å². The van der Waals surface area contributed by atoms with E-state index in [9.17, 15) is 18.0 Å². The second-order valence-corrected chi connectivity index (χ2v) is 8.76. The molecule has 0 saturated heterocycles. The molecule has 0 spiro atoms. The van der Waals surface area contributed by atoms with Gasteiger partial charge in [-0.2, -0.15) is 0 Å². The van der Waals surface area contributed by atoms with Crippen LogP contribution in [-0.2, 0) is 19.6 Å². The van der Waals surface area contributed by atoms with Gasteiger partial charge in [0.2, 0.25) is 15.9 Å². The van der Waals surface area contributed by atoms with E-state index in [-0.39, 0.29) is 32.0 Å². The highest BCUT2D eigenvalue weighted by atomic mass is 35.5. The van der Waals surface area contributed by atoms with Crippen molar-refractivity contribution in [1.29, 1.82) is 0 Å². The Morgan fingerprint density at radius 3 is 2.32 bits per heavy atom. The van der Waals surface area contributed by atoms with Crippen LogP contribution in [-0.4, -0.2) is 40.2 Å². The molecule has 0 aliphatic heterocycles. The van der Waals surface area contributed by atoms with Gasteiger partial charge in [0.25, 0.3) is 0 Å². The number of nitrogens with zero attached hydrogens (tertiary/aromatic N) is 1. The third-order valence-electron chi connectivity index (χ3n) is 3.53. The number of sulfonamides is 1. The summed E-state index contributed by atoms with van der Waals surface area (Å²) in [5.74, 6) is -1.32. The van der Waals surface area contributed by atoms with Crippen molar-refractivity contribution in [2.24, 2.45) is 0 Å². The van der Waals surface area contributed by atoms with E-state index in [0.717, 1.165) is 10.6 Å². The van der Waals surface area contributed by atoms with E-state index in [4.69, 9.17) is 34.8 Å². The lowest BCUT2D eigenvalue weighted by Crippen LogP contribution is -2.37. The van der Waals surface area contributed by atoms with Crippen molar-refractivity contribution in [2.75, 3.05) is 29.5 Å². The van der Waals surface area contributed by atoms with Gasteiger partial charge in [0.1, 0.15) is 6.54 Å². The summed E-state index contributed by atoms with van der Waals surface area (Å²) in [7, 11) is -2.64. The second-order valence-electron chi connectivity index (χ2n) is 5.60. The number of nitrogens with one attached hydrogen (secondary N) is 1. The summed E-state index contributed by atoms with van der Waals surface area (Å²) in [6, 6.07) is 8.41. The number of carbonyl (C=O) groups excluding carboxylic acids is 2. The minimum absolute atomic E-state index is 0.0567. The van der Waals surface area contributed by atoms with Gasteiger partial charge in [-0.3, -0.25) is 9.10 Å². The fraction of sp³-hybridized carbons (Fsp3) is 0.176. The van der Waals surface area contributed by atoms with Crippen LogP contribution in [0.4, 0.5) is 11.4 Å². The zero-order valence-corrected chi connectivity index (χ0v) is 17.8. The van der Waals surface area contributed by atoms with Crippen molar-refractivity contribution in [3.05, 3.63) is 57.0 Å². The molecule has 0 atom stereocenters. The molecule has 11 heteroatoms. The molecule has 0 unspecified atom stereocenters. The Morgan fingerprint density at radius 2 is 1.71 bits per heavy atom. The number of halogens is 3. The van der Waals surface area contributed by atoms with E-state index in [1.54, 1.807) is 0 Å². The molecule has 7 nitrogen and oxygen atoms in total. The lowest BCUT2D eigenvalue weighted by atomic mass is 10.2. The largest absolute Gasteiger partial charge is 0.465 e. The normalized spacial score (nSPS) is 11.0. The highest BCUT2D eigenvalue weighted by molar-refractivity contribution is 7.92. The monoisotopic (exact) mass is 464 g/mol. The maximum Gasteiger partial charge on any atom is 0.337 e. The zero-order chi connectivity index (χ0) is 21.1. The van der Waals surface area contributed by atoms with Gasteiger partial charge in [0.15, 0.2) is 0 Å². The molecule has 0 bridgehead atoms. The number of amides is 1. The van der Waals surface area contributed by atoms with Crippen molar-refractivity contribution in [3.8, 4) is 0 Å². The first-order valence-corrected chi connectivity index (χ1v) is 10.6.